The molecule has 0 bridgehead atoms. The second-order valence-corrected chi connectivity index (χ2v) is 8.22. The van der Waals surface area contributed by atoms with Crippen LogP contribution in [0.2, 0.25) is 0 Å². The minimum atomic E-state index is -0.0745. The lowest BCUT2D eigenvalue weighted by Crippen LogP contribution is -2.47. The zero-order chi connectivity index (χ0) is 21.3. The summed E-state index contributed by atoms with van der Waals surface area (Å²) in [7, 11) is 1.63. The molecular formula is C23H28N4O3. The van der Waals surface area contributed by atoms with Crippen LogP contribution in [0.25, 0.3) is 0 Å². The number of amides is 3. The molecule has 0 spiro atoms. The predicted octanol–water partition coefficient (Wildman–Crippen LogP) is 4.25. The van der Waals surface area contributed by atoms with Crippen LogP contribution in [0, 0.1) is 19.8 Å². The molecule has 0 unspecified atom stereocenters. The van der Waals surface area contributed by atoms with Gasteiger partial charge in [0.1, 0.15) is 5.75 Å². The third kappa shape index (κ3) is 3.97. The van der Waals surface area contributed by atoms with Gasteiger partial charge in [-0.05, 0) is 56.7 Å². The van der Waals surface area contributed by atoms with Gasteiger partial charge in [0, 0.05) is 35.5 Å². The highest BCUT2D eigenvalue weighted by molar-refractivity contribution is 5.93. The molecule has 0 radical (unpaired) electrons. The highest BCUT2D eigenvalue weighted by atomic mass is 16.5. The van der Waals surface area contributed by atoms with Gasteiger partial charge in [0.2, 0.25) is 5.91 Å². The van der Waals surface area contributed by atoms with Crippen molar-refractivity contribution in [1.29, 1.82) is 0 Å². The molecule has 1 saturated carbocycles. The lowest BCUT2D eigenvalue weighted by Gasteiger charge is -2.39. The summed E-state index contributed by atoms with van der Waals surface area (Å²) >= 11 is 0. The van der Waals surface area contributed by atoms with Crippen molar-refractivity contribution >= 4 is 23.3 Å². The van der Waals surface area contributed by atoms with Gasteiger partial charge in [-0.3, -0.25) is 9.78 Å². The summed E-state index contributed by atoms with van der Waals surface area (Å²) in [6.45, 7) is 4.59. The van der Waals surface area contributed by atoms with Gasteiger partial charge >= 0.3 is 6.03 Å². The van der Waals surface area contributed by atoms with Crippen molar-refractivity contribution < 1.29 is 14.3 Å². The minimum Gasteiger partial charge on any atom is -0.496 e. The lowest BCUT2D eigenvalue weighted by molar-refractivity contribution is -0.121. The van der Waals surface area contributed by atoms with Gasteiger partial charge < -0.3 is 20.3 Å². The first-order valence-electron chi connectivity index (χ1n) is 10.4. The van der Waals surface area contributed by atoms with E-state index in [1.807, 2.05) is 43.1 Å². The summed E-state index contributed by atoms with van der Waals surface area (Å²) in [4.78, 5) is 31.4. The average molecular weight is 409 g/mol. The van der Waals surface area contributed by atoms with Crippen molar-refractivity contribution in [3.63, 3.8) is 0 Å². The maximum atomic E-state index is 12.8. The van der Waals surface area contributed by atoms with Crippen LogP contribution < -0.4 is 15.4 Å². The van der Waals surface area contributed by atoms with Gasteiger partial charge in [-0.1, -0.05) is 6.07 Å². The fourth-order valence-corrected chi connectivity index (χ4v) is 4.43. The molecule has 2 aromatic rings. The van der Waals surface area contributed by atoms with E-state index >= 15 is 0 Å². The van der Waals surface area contributed by atoms with Crippen LogP contribution >= 0.6 is 0 Å². The Labute approximate surface area is 176 Å². The highest BCUT2D eigenvalue weighted by Crippen LogP contribution is 2.33. The van der Waals surface area contributed by atoms with E-state index < -0.39 is 0 Å². The number of fused-ring (bicyclic) bond motifs is 1. The smallest absolute Gasteiger partial charge is 0.322 e. The quantitative estimate of drug-likeness (QED) is 0.792. The third-order valence-electron chi connectivity index (χ3n) is 6.29. The number of urea groups is 1. The molecule has 3 amide bonds. The molecule has 0 atom stereocenters. The number of benzene rings is 1. The zero-order valence-electron chi connectivity index (χ0n) is 17.7. The third-order valence-corrected chi connectivity index (χ3v) is 6.29. The van der Waals surface area contributed by atoms with Crippen LogP contribution in [0.4, 0.5) is 16.2 Å². The Morgan fingerprint density at radius 3 is 2.67 bits per heavy atom. The van der Waals surface area contributed by atoms with E-state index in [1.54, 1.807) is 13.3 Å². The number of pyridine rings is 1. The van der Waals surface area contributed by atoms with Crippen molar-refractivity contribution in [1.82, 2.24) is 9.88 Å². The molecule has 1 aliphatic heterocycles. The molecule has 7 nitrogen and oxygen atoms in total. The summed E-state index contributed by atoms with van der Waals surface area (Å²) in [5, 5.41) is 5.98. The van der Waals surface area contributed by atoms with E-state index in [4.69, 9.17) is 4.74 Å². The molecular weight excluding hydrogens is 380 g/mol. The average Bonchev–Trinajstić information content (AvgIpc) is 2.75. The number of aryl methyl sites for hydroxylation is 2. The van der Waals surface area contributed by atoms with Crippen LogP contribution in [0.1, 0.15) is 42.4 Å². The first kappa shape index (κ1) is 20.2. The molecule has 1 aromatic carbocycles. The molecule has 1 aromatic heterocycles. The molecule has 1 aliphatic carbocycles. The maximum absolute atomic E-state index is 12.8. The Hall–Kier alpha value is -3.09. The number of carbonyl (C=O) groups excluding carboxylic acids is 2. The van der Waals surface area contributed by atoms with E-state index in [1.165, 1.54) is 0 Å². The standard InChI is InChI=1S/C23H28N4O3/c1-14-4-7-17(10-21(14)30-3)25-22(28)16-5-8-18(9-6-16)27-13-19-15(2)11-24-12-20(19)26-23(27)29/h4,7,10-12,16,18H,5-6,8-9,13H2,1-3H3,(H,25,28)(H,26,29). The Kier molecular flexibility index (Phi) is 5.61. The van der Waals surface area contributed by atoms with Crippen LogP contribution in [-0.2, 0) is 11.3 Å². The molecule has 2 N–H and O–H groups in total. The number of hydrogen-bond acceptors (Lipinski definition) is 4. The van der Waals surface area contributed by atoms with Crippen molar-refractivity contribution in [2.45, 2.75) is 52.1 Å². The maximum Gasteiger partial charge on any atom is 0.322 e. The highest BCUT2D eigenvalue weighted by Gasteiger charge is 2.34. The number of ether oxygens (including phenoxy) is 1. The van der Waals surface area contributed by atoms with Gasteiger partial charge in [0.15, 0.2) is 0 Å². The molecule has 7 heteroatoms. The van der Waals surface area contributed by atoms with Gasteiger partial charge in [-0.2, -0.15) is 0 Å². The first-order chi connectivity index (χ1) is 14.5. The molecule has 1 fully saturated rings. The fourth-order valence-electron chi connectivity index (χ4n) is 4.43. The molecule has 4 rings (SSSR count). The van der Waals surface area contributed by atoms with E-state index in [0.29, 0.717) is 6.54 Å². The number of nitrogens with zero attached hydrogens (tertiary/aromatic N) is 2. The number of rotatable bonds is 4. The Morgan fingerprint density at radius 2 is 1.93 bits per heavy atom. The summed E-state index contributed by atoms with van der Waals surface area (Å²) < 4.78 is 5.34. The Bertz CT molecular complexity index is 967. The van der Waals surface area contributed by atoms with Crippen molar-refractivity contribution in [2.24, 2.45) is 5.92 Å². The van der Waals surface area contributed by atoms with Crippen molar-refractivity contribution in [3.8, 4) is 5.75 Å². The molecule has 2 aliphatic rings. The van der Waals surface area contributed by atoms with Crippen LogP contribution in [-0.4, -0.2) is 35.0 Å². The summed E-state index contributed by atoms with van der Waals surface area (Å²) in [6.07, 6.45) is 6.72. The van der Waals surface area contributed by atoms with E-state index in [0.717, 1.165) is 59.5 Å². The number of carbonyl (C=O) groups is 2. The van der Waals surface area contributed by atoms with Gasteiger partial charge in [0.25, 0.3) is 0 Å². The Morgan fingerprint density at radius 1 is 1.17 bits per heavy atom. The van der Waals surface area contributed by atoms with Crippen LogP contribution in [0.5, 0.6) is 5.75 Å². The van der Waals surface area contributed by atoms with Crippen LogP contribution in [0.15, 0.2) is 30.6 Å². The Balaban J connectivity index is 1.36. The number of hydrogen-bond donors (Lipinski definition) is 2. The van der Waals surface area contributed by atoms with Crippen LogP contribution in [0.3, 0.4) is 0 Å². The minimum absolute atomic E-state index is 0.0368. The zero-order valence-corrected chi connectivity index (χ0v) is 17.7. The van der Waals surface area contributed by atoms with Crippen molar-refractivity contribution in [3.05, 3.63) is 47.3 Å². The molecule has 30 heavy (non-hydrogen) atoms. The predicted molar refractivity (Wildman–Crippen MR) is 116 cm³/mol. The summed E-state index contributed by atoms with van der Waals surface area (Å²) in [6, 6.07) is 5.76. The lowest BCUT2D eigenvalue weighted by atomic mass is 9.84. The number of methoxy groups -OCH3 is 1. The molecule has 0 saturated heterocycles. The van der Waals surface area contributed by atoms with E-state index in [2.05, 4.69) is 15.6 Å². The molecule has 2 heterocycles. The van der Waals surface area contributed by atoms with Gasteiger partial charge in [0.05, 0.1) is 25.5 Å². The van der Waals surface area contributed by atoms with Crippen molar-refractivity contribution in [2.75, 3.05) is 17.7 Å². The first-order valence-corrected chi connectivity index (χ1v) is 10.4. The second kappa shape index (κ2) is 8.34. The van der Waals surface area contributed by atoms with Gasteiger partial charge in [-0.15, -0.1) is 0 Å². The van der Waals surface area contributed by atoms with Gasteiger partial charge in [-0.25, -0.2) is 4.79 Å². The second-order valence-electron chi connectivity index (χ2n) is 8.22. The van der Waals surface area contributed by atoms with E-state index in [-0.39, 0.29) is 23.9 Å². The van der Waals surface area contributed by atoms with E-state index in [9.17, 15) is 9.59 Å². The summed E-state index contributed by atoms with van der Waals surface area (Å²) in [5.41, 5.74) is 4.79. The monoisotopic (exact) mass is 408 g/mol. The largest absolute Gasteiger partial charge is 0.496 e. The normalized spacial score (nSPS) is 20.9. The fraction of sp³-hybridized carbons (Fsp3) is 0.435. The number of aromatic nitrogens is 1. The molecule has 158 valence electrons. The number of anilines is 2. The SMILES string of the molecule is COc1cc(NC(=O)C2CCC(N3Cc4c(C)cncc4NC3=O)CC2)ccc1C. The summed E-state index contributed by atoms with van der Waals surface area (Å²) in [5.74, 6) is 0.757. The number of nitrogens with one attached hydrogen (secondary N) is 2. The topological polar surface area (TPSA) is 83.6 Å².